The molecule has 0 amide bonds. The summed E-state index contributed by atoms with van der Waals surface area (Å²) in [6, 6.07) is 41.9. The smallest absolute Gasteiger partial charge is 0.324 e. The van der Waals surface area contributed by atoms with E-state index in [0.717, 1.165) is 29.5 Å². The van der Waals surface area contributed by atoms with Crippen LogP contribution < -0.4 is 0 Å². The van der Waals surface area contributed by atoms with Crippen molar-refractivity contribution in [1.29, 1.82) is 0 Å². The molecular formula is C45H57NO3. The van der Waals surface area contributed by atoms with Crippen LogP contribution >= 0.6 is 0 Å². The van der Waals surface area contributed by atoms with Crippen LogP contribution in [0.3, 0.4) is 0 Å². The van der Waals surface area contributed by atoms with Crippen LogP contribution in [0.5, 0.6) is 0 Å². The Kier molecular flexibility index (Phi) is 12.5. The molecule has 4 nitrogen and oxygen atoms in total. The Bertz CT molecular complexity index is 1510. The van der Waals surface area contributed by atoms with Gasteiger partial charge in [0.15, 0.2) is 0 Å². The highest BCUT2D eigenvalue weighted by Crippen LogP contribution is 2.44. The maximum absolute atomic E-state index is 14.5. The predicted octanol–water partition coefficient (Wildman–Crippen LogP) is 10.4. The first-order valence-electron chi connectivity index (χ1n) is 18.3. The minimum absolute atomic E-state index is 0.00782. The van der Waals surface area contributed by atoms with E-state index in [0.29, 0.717) is 38.0 Å². The largest absolute Gasteiger partial charge is 0.459 e. The van der Waals surface area contributed by atoms with Gasteiger partial charge in [-0.05, 0) is 79.5 Å². The van der Waals surface area contributed by atoms with Crippen molar-refractivity contribution in [3.8, 4) is 0 Å². The predicted molar refractivity (Wildman–Crippen MR) is 201 cm³/mol. The second kappa shape index (κ2) is 16.8. The molecule has 0 N–H and O–H groups in total. The van der Waals surface area contributed by atoms with Gasteiger partial charge in [-0.3, -0.25) is 9.69 Å². The van der Waals surface area contributed by atoms with E-state index in [1.54, 1.807) is 0 Å². The third kappa shape index (κ3) is 10.2. The van der Waals surface area contributed by atoms with Gasteiger partial charge in [-0.1, -0.05) is 149 Å². The van der Waals surface area contributed by atoms with E-state index in [1.807, 2.05) is 39.0 Å². The normalized spacial score (nSPS) is 19.7. The van der Waals surface area contributed by atoms with Crippen molar-refractivity contribution in [2.75, 3.05) is 6.61 Å². The highest BCUT2D eigenvalue weighted by molar-refractivity contribution is 5.77. The molecule has 4 heteroatoms. The van der Waals surface area contributed by atoms with Crippen molar-refractivity contribution in [3.63, 3.8) is 0 Å². The van der Waals surface area contributed by atoms with E-state index in [2.05, 4.69) is 129 Å². The van der Waals surface area contributed by atoms with Gasteiger partial charge in [-0.15, -0.1) is 0 Å². The summed E-state index contributed by atoms with van der Waals surface area (Å²) in [5.74, 6) is 0.711. The van der Waals surface area contributed by atoms with Crippen molar-refractivity contribution in [2.24, 2.45) is 11.8 Å². The molecule has 1 fully saturated rings. The molecule has 4 aromatic carbocycles. The monoisotopic (exact) mass is 659 g/mol. The Morgan fingerprint density at radius 1 is 0.735 bits per heavy atom. The molecule has 0 radical (unpaired) electrons. The summed E-state index contributed by atoms with van der Waals surface area (Å²) in [5.41, 5.74) is 4.20. The standard InChI is InChI=1S/C45H57NO3/c1-34-27-28-40(45(5,6)38-25-17-10-18-26-38)41(31-34)48-30-29-39(37-23-15-9-16-24-37)42(43(47)49-44(2,3)4)46(32-35-19-11-7-12-20-35)33-36-21-13-8-14-22-36/h7-26,34,39-42H,27-33H2,1-6H3/t34-,39+,40-,41-,42+/m1/s1. The van der Waals surface area contributed by atoms with Gasteiger partial charge in [-0.2, -0.15) is 0 Å². The van der Waals surface area contributed by atoms with Crippen LogP contribution in [0.1, 0.15) is 95.4 Å². The van der Waals surface area contributed by atoms with Crippen LogP contribution in [0.15, 0.2) is 121 Å². The summed E-state index contributed by atoms with van der Waals surface area (Å²) in [6.45, 7) is 14.8. The fourth-order valence-electron chi connectivity index (χ4n) is 7.79. The molecule has 1 aliphatic carbocycles. The maximum Gasteiger partial charge on any atom is 0.324 e. The van der Waals surface area contributed by atoms with E-state index in [-0.39, 0.29) is 23.4 Å². The van der Waals surface area contributed by atoms with Crippen LogP contribution in [0.25, 0.3) is 0 Å². The van der Waals surface area contributed by atoms with Crippen LogP contribution in [0, 0.1) is 11.8 Å². The third-order valence-corrected chi connectivity index (χ3v) is 10.4. The molecule has 0 aliphatic heterocycles. The molecule has 0 aromatic heterocycles. The highest BCUT2D eigenvalue weighted by Gasteiger charge is 2.42. The summed E-state index contributed by atoms with van der Waals surface area (Å²) >= 11 is 0. The molecule has 0 spiro atoms. The molecule has 5 rings (SSSR count). The molecule has 49 heavy (non-hydrogen) atoms. The summed E-state index contributed by atoms with van der Waals surface area (Å²) in [6.07, 6.45) is 4.29. The van der Waals surface area contributed by atoms with Crippen LogP contribution in [-0.4, -0.2) is 35.2 Å². The maximum atomic E-state index is 14.5. The Morgan fingerprint density at radius 2 is 1.24 bits per heavy atom. The summed E-state index contributed by atoms with van der Waals surface area (Å²) in [7, 11) is 0. The van der Waals surface area contributed by atoms with Gasteiger partial charge in [0.2, 0.25) is 0 Å². The van der Waals surface area contributed by atoms with E-state index in [9.17, 15) is 4.79 Å². The summed E-state index contributed by atoms with van der Waals surface area (Å²) in [5, 5.41) is 0. The number of benzene rings is 4. The lowest BCUT2D eigenvalue weighted by molar-refractivity contribution is -0.163. The fraction of sp³-hybridized carbons (Fsp3) is 0.444. The quantitative estimate of drug-likeness (QED) is 0.126. The summed E-state index contributed by atoms with van der Waals surface area (Å²) < 4.78 is 13.3. The number of carbonyl (C=O) groups is 1. The van der Waals surface area contributed by atoms with Gasteiger partial charge in [-0.25, -0.2) is 0 Å². The van der Waals surface area contributed by atoms with Crippen LogP contribution in [-0.2, 0) is 32.8 Å². The minimum atomic E-state index is -0.618. The topological polar surface area (TPSA) is 38.8 Å². The second-order valence-corrected chi connectivity index (χ2v) is 15.7. The zero-order valence-electron chi connectivity index (χ0n) is 30.6. The van der Waals surface area contributed by atoms with Gasteiger partial charge in [0.1, 0.15) is 11.6 Å². The molecule has 1 saturated carbocycles. The Balaban J connectivity index is 1.48. The lowest BCUT2D eigenvalue weighted by atomic mass is 9.64. The summed E-state index contributed by atoms with van der Waals surface area (Å²) in [4.78, 5) is 16.9. The molecule has 1 aliphatic rings. The lowest BCUT2D eigenvalue weighted by Crippen LogP contribution is -2.48. The highest BCUT2D eigenvalue weighted by atomic mass is 16.6. The van der Waals surface area contributed by atoms with Crippen molar-refractivity contribution >= 4 is 5.97 Å². The average Bonchev–Trinajstić information content (AvgIpc) is 3.08. The average molecular weight is 660 g/mol. The fourth-order valence-corrected chi connectivity index (χ4v) is 7.79. The molecular weight excluding hydrogens is 602 g/mol. The first-order valence-corrected chi connectivity index (χ1v) is 18.3. The van der Waals surface area contributed by atoms with Crippen LogP contribution in [0.2, 0.25) is 0 Å². The molecule has 260 valence electrons. The van der Waals surface area contributed by atoms with E-state index < -0.39 is 11.6 Å². The zero-order valence-corrected chi connectivity index (χ0v) is 30.6. The van der Waals surface area contributed by atoms with Gasteiger partial charge < -0.3 is 9.47 Å². The molecule has 0 bridgehead atoms. The van der Waals surface area contributed by atoms with Gasteiger partial charge >= 0.3 is 5.97 Å². The number of rotatable bonds is 14. The second-order valence-electron chi connectivity index (χ2n) is 15.7. The lowest BCUT2D eigenvalue weighted by Gasteiger charge is -2.44. The van der Waals surface area contributed by atoms with Crippen molar-refractivity contribution in [1.82, 2.24) is 4.90 Å². The minimum Gasteiger partial charge on any atom is -0.459 e. The molecule has 5 atom stereocenters. The SMILES string of the molecule is C[C@@H]1CC[C@@H](C(C)(C)c2ccccc2)[C@H](OCC[C@@H](c2ccccc2)[C@@H](C(=O)OC(C)(C)C)N(Cc2ccccc2)Cc2ccccc2)C1. The number of nitrogens with zero attached hydrogens (tertiary/aromatic N) is 1. The number of hydrogen-bond acceptors (Lipinski definition) is 4. The molecule has 0 heterocycles. The van der Waals surface area contributed by atoms with Gasteiger partial charge in [0.25, 0.3) is 0 Å². The number of hydrogen-bond donors (Lipinski definition) is 0. The molecule has 0 unspecified atom stereocenters. The van der Waals surface area contributed by atoms with Crippen molar-refractivity contribution in [2.45, 2.75) is 109 Å². The Labute approximate surface area is 295 Å². The van der Waals surface area contributed by atoms with Crippen LogP contribution in [0.4, 0.5) is 0 Å². The number of esters is 1. The zero-order chi connectivity index (χ0) is 34.9. The van der Waals surface area contributed by atoms with E-state index >= 15 is 0 Å². The number of carbonyl (C=O) groups excluding carboxylic acids is 1. The number of ether oxygens (including phenoxy) is 2. The first kappa shape index (κ1) is 36.5. The van der Waals surface area contributed by atoms with E-state index in [1.165, 1.54) is 12.0 Å². The third-order valence-electron chi connectivity index (χ3n) is 10.4. The Hall–Kier alpha value is -3.73. The van der Waals surface area contributed by atoms with Crippen molar-refractivity contribution in [3.05, 3.63) is 144 Å². The van der Waals surface area contributed by atoms with E-state index in [4.69, 9.17) is 9.47 Å². The molecule has 4 aromatic rings. The molecule has 0 saturated heterocycles. The van der Waals surface area contributed by atoms with Gasteiger partial charge in [0.05, 0.1) is 6.10 Å². The Morgan fingerprint density at radius 3 is 1.78 bits per heavy atom. The first-order chi connectivity index (χ1) is 23.5. The van der Waals surface area contributed by atoms with Crippen molar-refractivity contribution < 1.29 is 14.3 Å². The van der Waals surface area contributed by atoms with Gasteiger partial charge in [0, 0.05) is 25.6 Å².